The quantitative estimate of drug-likeness (QED) is 0.620. The predicted molar refractivity (Wildman–Crippen MR) is 92.2 cm³/mol. The molecule has 23 heavy (non-hydrogen) atoms. The van der Waals surface area contributed by atoms with Gasteiger partial charge in [-0.3, -0.25) is 0 Å². The van der Waals surface area contributed by atoms with Crippen LogP contribution in [-0.4, -0.2) is 19.6 Å². The van der Waals surface area contributed by atoms with Crippen molar-refractivity contribution >= 4 is 22.4 Å². The Hall–Kier alpha value is -2.50. The maximum Gasteiger partial charge on any atom is 0.160 e. The number of benzene rings is 2. The van der Waals surface area contributed by atoms with Gasteiger partial charge in [-0.2, -0.15) is 0 Å². The minimum atomic E-state index is -0.591. The molecule has 0 saturated carbocycles. The van der Waals surface area contributed by atoms with E-state index in [0.717, 1.165) is 28.1 Å². The summed E-state index contributed by atoms with van der Waals surface area (Å²) < 4.78 is 2.04. The van der Waals surface area contributed by atoms with Crippen LogP contribution in [-0.2, 0) is 6.54 Å². The zero-order valence-corrected chi connectivity index (χ0v) is 13.1. The van der Waals surface area contributed by atoms with Gasteiger partial charge in [0.2, 0.25) is 0 Å². The van der Waals surface area contributed by atoms with E-state index < -0.39 is 6.10 Å². The minimum Gasteiger partial charge on any atom is -0.387 e. The van der Waals surface area contributed by atoms with Crippen LogP contribution in [0.2, 0.25) is 0 Å². The lowest BCUT2D eigenvalue weighted by molar-refractivity contribution is 0.158. The monoisotopic (exact) mass is 321 g/mol. The summed E-state index contributed by atoms with van der Waals surface area (Å²) >= 11 is 1.54. The van der Waals surface area contributed by atoms with Gasteiger partial charge in [-0.25, -0.2) is 9.97 Å². The fourth-order valence-electron chi connectivity index (χ4n) is 2.73. The summed E-state index contributed by atoms with van der Waals surface area (Å²) in [5.41, 5.74) is 5.45. The van der Waals surface area contributed by atoms with Crippen molar-refractivity contribution in [3.8, 4) is 11.5 Å². The van der Waals surface area contributed by atoms with Gasteiger partial charge in [0.15, 0.2) is 5.82 Å². The van der Waals surface area contributed by atoms with Crippen LogP contribution in [0.5, 0.6) is 0 Å². The highest BCUT2D eigenvalue weighted by atomic mass is 32.1. The van der Waals surface area contributed by atoms with Crippen LogP contribution in [0.3, 0.4) is 0 Å². The molecular formula is C18H15N3OS. The van der Waals surface area contributed by atoms with Gasteiger partial charge in [-0.05, 0) is 17.7 Å². The molecule has 114 valence electrons. The van der Waals surface area contributed by atoms with Crippen LogP contribution < -0.4 is 0 Å². The largest absolute Gasteiger partial charge is 0.387 e. The van der Waals surface area contributed by atoms with E-state index in [1.807, 2.05) is 64.5 Å². The molecule has 0 saturated heterocycles. The Morgan fingerprint density at radius 2 is 1.83 bits per heavy atom. The molecule has 1 N–H and O–H groups in total. The van der Waals surface area contributed by atoms with Gasteiger partial charge in [0, 0.05) is 5.38 Å². The number of aromatic nitrogens is 3. The first-order valence-corrected chi connectivity index (χ1v) is 8.34. The van der Waals surface area contributed by atoms with Gasteiger partial charge in [-0.1, -0.05) is 42.5 Å². The molecule has 4 aromatic rings. The van der Waals surface area contributed by atoms with Crippen molar-refractivity contribution in [2.24, 2.45) is 0 Å². The molecule has 4 rings (SSSR count). The molecular weight excluding hydrogens is 306 g/mol. The average molecular weight is 321 g/mol. The summed E-state index contributed by atoms with van der Waals surface area (Å²) in [5, 5.41) is 12.6. The molecule has 1 atom stereocenters. The SMILES string of the molecule is O[C@H](Cn1c(-c2cscn2)nc2ccccc21)c1ccccc1. The molecule has 0 aliphatic carbocycles. The molecule has 5 heteroatoms. The number of rotatable bonds is 4. The molecule has 2 aromatic carbocycles. The summed E-state index contributed by atoms with van der Waals surface area (Å²) in [6.45, 7) is 0.442. The molecule has 0 amide bonds. The number of aliphatic hydroxyl groups is 1. The molecule has 2 aromatic heterocycles. The predicted octanol–water partition coefficient (Wildman–Crippen LogP) is 3.89. The maximum atomic E-state index is 10.6. The van der Waals surface area contributed by atoms with E-state index in [2.05, 4.69) is 4.98 Å². The summed E-state index contributed by atoms with van der Waals surface area (Å²) in [5.74, 6) is 0.794. The lowest BCUT2D eigenvalue weighted by atomic mass is 10.1. The molecule has 0 aliphatic rings. The van der Waals surface area contributed by atoms with E-state index >= 15 is 0 Å². The Balaban J connectivity index is 1.80. The normalized spacial score (nSPS) is 12.6. The van der Waals surface area contributed by atoms with E-state index in [0.29, 0.717) is 6.54 Å². The molecule has 4 nitrogen and oxygen atoms in total. The van der Waals surface area contributed by atoms with E-state index in [1.165, 1.54) is 0 Å². The van der Waals surface area contributed by atoms with Crippen molar-refractivity contribution in [3.63, 3.8) is 0 Å². The highest BCUT2D eigenvalue weighted by molar-refractivity contribution is 7.07. The van der Waals surface area contributed by atoms with Gasteiger partial charge < -0.3 is 9.67 Å². The number of thiazole rings is 1. The van der Waals surface area contributed by atoms with Gasteiger partial charge in [0.25, 0.3) is 0 Å². The lowest BCUT2D eigenvalue weighted by Crippen LogP contribution is -2.10. The Kier molecular flexibility index (Phi) is 3.65. The summed E-state index contributed by atoms with van der Waals surface area (Å²) in [6.07, 6.45) is -0.591. The first-order chi connectivity index (χ1) is 11.3. The Bertz CT molecular complexity index is 916. The number of para-hydroxylation sites is 2. The number of fused-ring (bicyclic) bond motifs is 1. The Morgan fingerprint density at radius 3 is 2.61 bits per heavy atom. The second-order valence-electron chi connectivity index (χ2n) is 5.33. The van der Waals surface area contributed by atoms with E-state index in [4.69, 9.17) is 4.98 Å². The zero-order valence-electron chi connectivity index (χ0n) is 12.3. The Morgan fingerprint density at radius 1 is 1.04 bits per heavy atom. The van der Waals surface area contributed by atoms with Crippen molar-refractivity contribution in [2.45, 2.75) is 12.6 Å². The van der Waals surface area contributed by atoms with Crippen molar-refractivity contribution < 1.29 is 5.11 Å². The maximum absolute atomic E-state index is 10.6. The topological polar surface area (TPSA) is 50.9 Å². The van der Waals surface area contributed by atoms with Crippen molar-refractivity contribution in [1.29, 1.82) is 0 Å². The first-order valence-electron chi connectivity index (χ1n) is 7.40. The fraction of sp³-hybridized carbons (Fsp3) is 0.111. The molecule has 0 fully saturated rings. The second-order valence-corrected chi connectivity index (χ2v) is 6.05. The Labute approximate surface area is 137 Å². The summed E-state index contributed by atoms with van der Waals surface area (Å²) in [7, 11) is 0. The van der Waals surface area contributed by atoms with Gasteiger partial charge >= 0.3 is 0 Å². The van der Waals surface area contributed by atoms with Crippen LogP contribution in [0.1, 0.15) is 11.7 Å². The third-order valence-electron chi connectivity index (χ3n) is 3.86. The van der Waals surface area contributed by atoms with Gasteiger partial charge in [-0.15, -0.1) is 11.3 Å². The van der Waals surface area contributed by atoms with E-state index in [-0.39, 0.29) is 0 Å². The highest BCUT2D eigenvalue weighted by Crippen LogP contribution is 2.27. The van der Waals surface area contributed by atoms with E-state index in [9.17, 15) is 5.11 Å². The average Bonchev–Trinajstić information content (AvgIpc) is 3.24. The van der Waals surface area contributed by atoms with Crippen molar-refractivity contribution in [2.75, 3.05) is 0 Å². The number of aliphatic hydroxyl groups excluding tert-OH is 1. The fourth-order valence-corrected chi connectivity index (χ4v) is 3.26. The van der Waals surface area contributed by atoms with E-state index in [1.54, 1.807) is 16.8 Å². The zero-order chi connectivity index (χ0) is 15.6. The first kappa shape index (κ1) is 14.1. The number of nitrogens with zero attached hydrogens (tertiary/aromatic N) is 3. The van der Waals surface area contributed by atoms with Crippen molar-refractivity contribution in [3.05, 3.63) is 71.1 Å². The van der Waals surface area contributed by atoms with Crippen molar-refractivity contribution in [1.82, 2.24) is 14.5 Å². The van der Waals surface area contributed by atoms with Crippen LogP contribution in [0.15, 0.2) is 65.5 Å². The number of hydrogen-bond donors (Lipinski definition) is 1. The molecule has 0 spiro atoms. The summed E-state index contributed by atoms with van der Waals surface area (Å²) in [6, 6.07) is 17.7. The number of imidazole rings is 1. The van der Waals surface area contributed by atoms with Gasteiger partial charge in [0.05, 0.1) is 29.2 Å². The number of hydrogen-bond acceptors (Lipinski definition) is 4. The third-order valence-corrected chi connectivity index (χ3v) is 4.44. The van der Waals surface area contributed by atoms with Crippen LogP contribution in [0, 0.1) is 0 Å². The third kappa shape index (κ3) is 2.65. The highest BCUT2D eigenvalue weighted by Gasteiger charge is 2.17. The lowest BCUT2D eigenvalue weighted by Gasteiger charge is -2.14. The molecule has 0 radical (unpaired) electrons. The van der Waals surface area contributed by atoms with Crippen LogP contribution in [0.25, 0.3) is 22.6 Å². The molecule has 0 unspecified atom stereocenters. The standard InChI is InChI=1S/C18H15N3OS/c22-17(13-6-2-1-3-7-13)10-21-16-9-5-4-8-14(16)20-18(21)15-11-23-12-19-15/h1-9,11-12,17,22H,10H2/t17-/m1/s1. The molecule has 0 aliphatic heterocycles. The van der Waals surface area contributed by atoms with Crippen LogP contribution in [0.4, 0.5) is 0 Å². The van der Waals surface area contributed by atoms with Gasteiger partial charge in [0.1, 0.15) is 5.69 Å². The smallest absolute Gasteiger partial charge is 0.160 e. The molecule has 2 heterocycles. The second kappa shape index (κ2) is 5.95. The molecule has 0 bridgehead atoms. The van der Waals surface area contributed by atoms with Crippen LogP contribution >= 0.6 is 11.3 Å². The summed E-state index contributed by atoms with van der Waals surface area (Å²) in [4.78, 5) is 9.07. The minimum absolute atomic E-state index is 0.442.